The fourth-order valence-electron chi connectivity index (χ4n) is 1.62. The Hall–Kier alpha value is -2.83. The van der Waals surface area contributed by atoms with Gasteiger partial charge in [-0.3, -0.25) is 15.1 Å². The van der Waals surface area contributed by atoms with Crippen molar-refractivity contribution in [3.05, 3.63) is 48.2 Å². The molecule has 3 aromatic heterocycles. The highest BCUT2D eigenvalue weighted by Crippen LogP contribution is 2.08. The topological polar surface area (TPSA) is 85.1 Å². The van der Waals surface area contributed by atoms with E-state index in [1.165, 1.54) is 18.6 Å². The standard InChI is InChI=1S/C12H10N6O/c1-8-2-5-18-10(6-8)15-12(17-18)16-11(19)9-7-13-3-4-14-9/h2-7H,1H3,(H,16,17,19). The Morgan fingerprint density at radius 2 is 2.26 bits per heavy atom. The first-order chi connectivity index (χ1) is 9.22. The van der Waals surface area contributed by atoms with Gasteiger partial charge in [-0.1, -0.05) is 0 Å². The molecule has 0 fully saturated rings. The van der Waals surface area contributed by atoms with Crippen LogP contribution in [0.1, 0.15) is 16.1 Å². The predicted octanol–water partition coefficient (Wildman–Crippen LogP) is 1.08. The van der Waals surface area contributed by atoms with Crippen LogP contribution in [-0.2, 0) is 0 Å². The van der Waals surface area contributed by atoms with Gasteiger partial charge in [0.2, 0.25) is 5.95 Å². The lowest BCUT2D eigenvalue weighted by Crippen LogP contribution is -2.14. The lowest BCUT2D eigenvalue weighted by Gasteiger charge is -1.97. The number of carbonyl (C=O) groups excluding carboxylic acids is 1. The van der Waals surface area contributed by atoms with Crippen LogP contribution in [0.5, 0.6) is 0 Å². The number of fused-ring (bicyclic) bond motifs is 1. The van der Waals surface area contributed by atoms with Gasteiger partial charge < -0.3 is 0 Å². The maximum atomic E-state index is 11.9. The molecule has 0 spiro atoms. The Morgan fingerprint density at radius 1 is 1.37 bits per heavy atom. The Balaban J connectivity index is 1.87. The summed E-state index contributed by atoms with van der Waals surface area (Å²) in [6.07, 6.45) is 6.13. The van der Waals surface area contributed by atoms with Crippen LogP contribution in [0.4, 0.5) is 5.95 Å². The smallest absolute Gasteiger partial charge is 0.278 e. The Morgan fingerprint density at radius 3 is 3.05 bits per heavy atom. The summed E-state index contributed by atoms with van der Waals surface area (Å²) in [5.74, 6) is -0.151. The number of nitrogens with zero attached hydrogens (tertiary/aromatic N) is 5. The molecule has 94 valence electrons. The van der Waals surface area contributed by atoms with Crippen LogP contribution < -0.4 is 5.32 Å². The summed E-state index contributed by atoms with van der Waals surface area (Å²) in [5, 5.41) is 6.73. The van der Waals surface area contributed by atoms with Crippen molar-refractivity contribution in [2.24, 2.45) is 0 Å². The molecule has 3 rings (SSSR count). The van der Waals surface area contributed by atoms with Crippen molar-refractivity contribution >= 4 is 17.5 Å². The third-order valence-electron chi connectivity index (χ3n) is 2.51. The van der Waals surface area contributed by atoms with Crippen LogP contribution >= 0.6 is 0 Å². The van der Waals surface area contributed by atoms with Crippen LogP contribution in [0.3, 0.4) is 0 Å². The van der Waals surface area contributed by atoms with Gasteiger partial charge in [-0.2, -0.15) is 4.98 Å². The second-order valence-corrected chi connectivity index (χ2v) is 3.99. The molecule has 0 aliphatic rings. The minimum atomic E-state index is -0.388. The van der Waals surface area contributed by atoms with Crippen molar-refractivity contribution in [2.75, 3.05) is 5.32 Å². The number of aromatic nitrogens is 5. The van der Waals surface area contributed by atoms with Crippen molar-refractivity contribution in [3.8, 4) is 0 Å². The number of hydrogen-bond acceptors (Lipinski definition) is 5. The highest BCUT2D eigenvalue weighted by Gasteiger charge is 2.11. The van der Waals surface area contributed by atoms with Gasteiger partial charge in [0.25, 0.3) is 5.91 Å². The van der Waals surface area contributed by atoms with Crippen molar-refractivity contribution in [1.29, 1.82) is 0 Å². The summed E-state index contributed by atoms with van der Waals surface area (Å²) in [6, 6.07) is 3.79. The summed E-state index contributed by atoms with van der Waals surface area (Å²) in [6.45, 7) is 1.96. The fraction of sp³-hybridized carbons (Fsp3) is 0.0833. The van der Waals surface area contributed by atoms with Crippen molar-refractivity contribution in [3.63, 3.8) is 0 Å². The molecule has 0 saturated carbocycles. The van der Waals surface area contributed by atoms with E-state index >= 15 is 0 Å². The Bertz CT molecular complexity index is 736. The van der Waals surface area contributed by atoms with Crippen LogP contribution in [0.25, 0.3) is 5.65 Å². The summed E-state index contributed by atoms with van der Waals surface area (Å²) in [7, 11) is 0. The largest absolute Gasteiger partial charge is 0.288 e. The number of carbonyl (C=O) groups is 1. The van der Waals surface area contributed by atoms with E-state index in [2.05, 4.69) is 25.4 Å². The first-order valence-electron chi connectivity index (χ1n) is 5.63. The summed E-state index contributed by atoms with van der Waals surface area (Å²) < 4.78 is 1.60. The molecule has 1 N–H and O–H groups in total. The third kappa shape index (κ3) is 2.25. The molecular formula is C12H10N6O. The molecule has 3 aromatic rings. The van der Waals surface area contributed by atoms with E-state index < -0.39 is 0 Å². The maximum Gasteiger partial charge on any atom is 0.278 e. The summed E-state index contributed by atoms with van der Waals surface area (Å²) in [5.41, 5.74) is 1.97. The molecule has 0 saturated heterocycles. The highest BCUT2D eigenvalue weighted by molar-refractivity contribution is 6.01. The molecule has 7 heteroatoms. The van der Waals surface area contributed by atoms with Crippen LogP contribution in [-0.4, -0.2) is 30.5 Å². The SMILES string of the molecule is Cc1ccn2nc(NC(=O)c3cnccn3)nc2c1. The second-order valence-electron chi connectivity index (χ2n) is 3.99. The number of hydrogen-bond donors (Lipinski definition) is 1. The molecule has 7 nitrogen and oxygen atoms in total. The average molecular weight is 254 g/mol. The lowest BCUT2D eigenvalue weighted by molar-refractivity contribution is 0.102. The summed E-state index contributed by atoms with van der Waals surface area (Å²) in [4.78, 5) is 23.8. The normalized spacial score (nSPS) is 10.6. The zero-order valence-corrected chi connectivity index (χ0v) is 10.1. The zero-order chi connectivity index (χ0) is 13.2. The van der Waals surface area contributed by atoms with E-state index in [0.717, 1.165) is 5.56 Å². The summed E-state index contributed by atoms with van der Waals surface area (Å²) >= 11 is 0. The Labute approximate surface area is 108 Å². The third-order valence-corrected chi connectivity index (χ3v) is 2.51. The van der Waals surface area contributed by atoms with Gasteiger partial charge in [-0.05, 0) is 24.6 Å². The quantitative estimate of drug-likeness (QED) is 0.739. The van der Waals surface area contributed by atoms with Gasteiger partial charge in [0.15, 0.2) is 5.65 Å². The van der Waals surface area contributed by atoms with Gasteiger partial charge in [0.1, 0.15) is 5.69 Å². The number of amides is 1. The molecule has 0 aliphatic carbocycles. The average Bonchev–Trinajstić information content (AvgIpc) is 2.81. The fourth-order valence-corrected chi connectivity index (χ4v) is 1.62. The van der Waals surface area contributed by atoms with E-state index in [0.29, 0.717) is 5.65 Å². The first-order valence-corrected chi connectivity index (χ1v) is 5.63. The van der Waals surface area contributed by atoms with Crippen molar-refractivity contribution < 1.29 is 4.79 Å². The van der Waals surface area contributed by atoms with Crippen LogP contribution in [0.2, 0.25) is 0 Å². The van der Waals surface area contributed by atoms with E-state index in [-0.39, 0.29) is 17.5 Å². The van der Waals surface area contributed by atoms with Gasteiger partial charge in [0.05, 0.1) is 6.20 Å². The molecule has 0 atom stereocenters. The van der Waals surface area contributed by atoms with E-state index in [4.69, 9.17) is 0 Å². The monoisotopic (exact) mass is 254 g/mol. The van der Waals surface area contributed by atoms with Crippen molar-refractivity contribution in [1.82, 2.24) is 24.6 Å². The van der Waals surface area contributed by atoms with E-state index in [9.17, 15) is 4.79 Å². The Kier molecular flexibility index (Phi) is 2.64. The van der Waals surface area contributed by atoms with E-state index in [1.54, 1.807) is 10.7 Å². The lowest BCUT2D eigenvalue weighted by atomic mass is 10.3. The second kappa shape index (κ2) is 4.45. The van der Waals surface area contributed by atoms with Crippen LogP contribution in [0, 0.1) is 6.92 Å². The molecule has 0 bridgehead atoms. The van der Waals surface area contributed by atoms with Crippen molar-refractivity contribution in [2.45, 2.75) is 6.92 Å². The van der Waals surface area contributed by atoms with E-state index in [1.807, 2.05) is 19.1 Å². The number of anilines is 1. The minimum absolute atomic E-state index is 0.220. The van der Waals surface area contributed by atoms with Gasteiger partial charge in [-0.25, -0.2) is 9.50 Å². The molecule has 0 radical (unpaired) electrons. The molecule has 19 heavy (non-hydrogen) atoms. The molecule has 0 aromatic carbocycles. The molecular weight excluding hydrogens is 244 g/mol. The number of nitrogens with one attached hydrogen (secondary N) is 1. The molecule has 1 amide bonds. The maximum absolute atomic E-state index is 11.9. The number of rotatable bonds is 2. The first kappa shape index (κ1) is 11.3. The molecule has 0 unspecified atom stereocenters. The minimum Gasteiger partial charge on any atom is -0.288 e. The van der Waals surface area contributed by atoms with Gasteiger partial charge in [-0.15, -0.1) is 5.10 Å². The molecule has 0 aliphatic heterocycles. The van der Waals surface area contributed by atoms with Gasteiger partial charge in [0, 0.05) is 18.6 Å². The van der Waals surface area contributed by atoms with Crippen LogP contribution in [0.15, 0.2) is 36.9 Å². The predicted molar refractivity (Wildman–Crippen MR) is 67.7 cm³/mol. The zero-order valence-electron chi connectivity index (χ0n) is 10.1. The van der Waals surface area contributed by atoms with Gasteiger partial charge >= 0.3 is 0 Å². The number of pyridine rings is 1. The number of aryl methyl sites for hydroxylation is 1. The molecule has 3 heterocycles. The highest BCUT2D eigenvalue weighted by atomic mass is 16.2.